The fourth-order valence-electron chi connectivity index (χ4n) is 2.58. The molecule has 0 fully saturated rings. The van der Waals surface area contributed by atoms with Crippen LogP contribution in [-0.2, 0) is 19.9 Å². The predicted molar refractivity (Wildman–Crippen MR) is 109 cm³/mol. The Hall–Kier alpha value is -2.23. The van der Waals surface area contributed by atoms with Crippen LogP contribution in [0.25, 0.3) is 0 Å². The SMILES string of the molecule is Cc1ccc(S(C)(=O)=O)cc1C(=O)Nc1cc(S(=O)(=O)N(C)C)cc(C)c1C. The summed E-state index contributed by atoms with van der Waals surface area (Å²) in [6, 6.07) is 7.29. The van der Waals surface area contributed by atoms with E-state index < -0.39 is 25.8 Å². The van der Waals surface area contributed by atoms with Gasteiger partial charge in [-0.3, -0.25) is 4.79 Å². The number of carbonyl (C=O) groups is 1. The molecule has 9 heteroatoms. The average Bonchev–Trinajstić information content (AvgIpc) is 2.57. The molecule has 2 aromatic carbocycles. The summed E-state index contributed by atoms with van der Waals surface area (Å²) >= 11 is 0. The summed E-state index contributed by atoms with van der Waals surface area (Å²) < 4.78 is 49.6. The number of sulfone groups is 1. The Morgan fingerprint density at radius 3 is 2.04 bits per heavy atom. The van der Waals surface area contributed by atoms with Crippen molar-refractivity contribution in [2.75, 3.05) is 25.7 Å². The van der Waals surface area contributed by atoms with Gasteiger partial charge in [0.25, 0.3) is 5.91 Å². The van der Waals surface area contributed by atoms with E-state index in [9.17, 15) is 21.6 Å². The first-order valence-corrected chi connectivity index (χ1v) is 11.7. The maximum Gasteiger partial charge on any atom is 0.255 e. The maximum absolute atomic E-state index is 12.8. The Labute approximate surface area is 166 Å². The molecule has 1 N–H and O–H groups in total. The van der Waals surface area contributed by atoms with Gasteiger partial charge in [0.2, 0.25) is 10.0 Å². The molecule has 0 saturated carbocycles. The predicted octanol–water partition coefficient (Wildman–Crippen LogP) is 2.52. The van der Waals surface area contributed by atoms with E-state index in [0.717, 1.165) is 16.1 Å². The van der Waals surface area contributed by atoms with Crippen LogP contribution in [0, 0.1) is 20.8 Å². The van der Waals surface area contributed by atoms with E-state index in [1.165, 1.54) is 32.3 Å². The van der Waals surface area contributed by atoms with Crippen molar-refractivity contribution in [1.29, 1.82) is 0 Å². The normalized spacial score (nSPS) is 12.2. The van der Waals surface area contributed by atoms with Gasteiger partial charge in [-0.15, -0.1) is 0 Å². The first-order chi connectivity index (χ1) is 12.7. The summed E-state index contributed by atoms with van der Waals surface area (Å²) in [6.07, 6.45) is 1.07. The van der Waals surface area contributed by atoms with Crippen LogP contribution >= 0.6 is 0 Å². The van der Waals surface area contributed by atoms with E-state index in [2.05, 4.69) is 5.32 Å². The van der Waals surface area contributed by atoms with Gasteiger partial charge in [0.1, 0.15) is 0 Å². The van der Waals surface area contributed by atoms with Crippen LogP contribution < -0.4 is 5.32 Å². The number of nitrogens with zero attached hydrogens (tertiary/aromatic N) is 1. The Bertz CT molecular complexity index is 1150. The molecule has 0 unspecified atom stereocenters. The number of amides is 1. The zero-order valence-electron chi connectivity index (χ0n) is 16.7. The number of hydrogen-bond acceptors (Lipinski definition) is 5. The Morgan fingerprint density at radius 2 is 1.50 bits per heavy atom. The van der Waals surface area contributed by atoms with E-state index in [1.54, 1.807) is 32.9 Å². The summed E-state index contributed by atoms with van der Waals surface area (Å²) in [5.41, 5.74) is 2.61. The molecule has 152 valence electrons. The van der Waals surface area contributed by atoms with Crippen molar-refractivity contribution in [3.8, 4) is 0 Å². The first kappa shape index (κ1) is 22.1. The van der Waals surface area contributed by atoms with Gasteiger partial charge >= 0.3 is 0 Å². The lowest BCUT2D eigenvalue weighted by Crippen LogP contribution is -2.23. The van der Waals surface area contributed by atoms with E-state index in [4.69, 9.17) is 0 Å². The number of hydrogen-bond donors (Lipinski definition) is 1. The molecular weight excluding hydrogens is 400 g/mol. The molecule has 0 aliphatic heterocycles. The highest BCUT2D eigenvalue weighted by atomic mass is 32.2. The molecule has 0 bridgehead atoms. The van der Waals surface area contributed by atoms with E-state index in [1.807, 2.05) is 0 Å². The largest absolute Gasteiger partial charge is 0.322 e. The molecule has 0 saturated heterocycles. The number of sulfonamides is 1. The second-order valence-electron chi connectivity index (χ2n) is 6.90. The number of aryl methyl sites for hydroxylation is 2. The zero-order chi connectivity index (χ0) is 21.4. The van der Waals surface area contributed by atoms with Crippen molar-refractivity contribution in [2.24, 2.45) is 0 Å². The van der Waals surface area contributed by atoms with Crippen LogP contribution in [0.2, 0.25) is 0 Å². The minimum absolute atomic E-state index is 0.0417. The lowest BCUT2D eigenvalue weighted by atomic mass is 10.1. The van der Waals surface area contributed by atoms with Crippen LogP contribution in [0.4, 0.5) is 5.69 Å². The van der Waals surface area contributed by atoms with Crippen LogP contribution in [0.15, 0.2) is 40.1 Å². The molecular formula is C19H24N2O5S2. The zero-order valence-corrected chi connectivity index (χ0v) is 18.3. The van der Waals surface area contributed by atoms with Crippen LogP contribution in [0.1, 0.15) is 27.0 Å². The highest BCUT2D eigenvalue weighted by molar-refractivity contribution is 7.90. The summed E-state index contributed by atoms with van der Waals surface area (Å²) in [5.74, 6) is -0.509. The third-order valence-corrected chi connectivity index (χ3v) is 7.45. The standard InChI is InChI=1S/C19H24N2O5S2/c1-12-7-8-15(27(6,23)24)10-17(12)19(22)20-18-11-16(9-13(2)14(18)3)28(25,26)21(4)5/h7-11H,1-6H3,(H,20,22). The Morgan fingerprint density at radius 1 is 0.893 bits per heavy atom. The molecule has 0 atom stereocenters. The number of nitrogens with one attached hydrogen (secondary N) is 1. The summed E-state index contributed by atoms with van der Waals surface area (Å²) in [5, 5.41) is 2.72. The van der Waals surface area contributed by atoms with Crippen molar-refractivity contribution >= 4 is 31.5 Å². The summed E-state index contributed by atoms with van der Waals surface area (Å²) in [7, 11) is -4.27. The van der Waals surface area contributed by atoms with E-state index in [-0.39, 0.29) is 15.4 Å². The van der Waals surface area contributed by atoms with Crippen molar-refractivity contribution in [1.82, 2.24) is 4.31 Å². The van der Waals surface area contributed by atoms with Gasteiger partial charge in [-0.2, -0.15) is 0 Å². The maximum atomic E-state index is 12.8. The lowest BCUT2D eigenvalue weighted by Gasteiger charge is -2.17. The number of benzene rings is 2. The van der Waals surface area contributed by atoms with Crippen molar-refractivity contribution in [2.45, 2.75) is 30.6 Å². The molecule has 1 amide bonds. The molecule has 0 heterocycles. The molecule has 0 radical (unpaired) electrons. The van der Waals surface area contributed by atoms with Gasteiger partial charge in [0.05, 0.1) is 9.79 Å². The third-order valence-electron chi connectivity index (χ3n) is 4.55. The van der Waals surface area contributed by atoms with Gasteiger partial charge in [-0.1, -0.05) is 6.07 Å². The van der Waals surface area contributed by atoms with Gasteiger partial charge in [-0.25, -0.2) is 21.1 Å². The topological polar surface area (TPSA) is 101 Å². The molecule has 28 heavy (non-hydrogen) atoms. The van der Waals surface area contributed by atoms with E-state index >= 15 is 0 Å². The summed E-state index contributed by atoms with van der Waals surface area (Å²) in [4.78, 5) is 12.9. The van der Waals surface area contributed by atoms with Gasteiger partial charge < -0.3 is 5.32 Å². The molecule has 0 aliphatic carbocycles. The fourth-order valence-corrected chi connectivity index (χ4v) is 4.24. The first-order valence-electron chi connectivity index (χ1n) is 8.41. The van der Waals surface area contributed by atoms with Crippen molar-refractivity contribution < 1.29 is 21.6 Å². The van der Waals surface area contributed by atoms with Crippen LogP contribution in [0.3, 0.4) is 0 Å². The number of rotatable bonds is 5. The highest BCUT2D eigenvalue weighted by Gasteiger charge is 2.21. The Kier molecular flexibility index (Phi) is 6.03. The number of anilines is 1. The second kappa shape index (κ2) is 7.65. The second-order valence-corrected chi connectivity index (χ2v) is 11.1. The fraction of sp³-hybridized carbons (Fsp3) is 0.316. The van der Waals surface area contributed by atoms with Crippen molar-refractivity contribution in [3.63, 3.8) is 0 Å². The Balaban J connectivity index is 2.52. The molecule has 0 aliphatic rings. The minimum atomic E-state index is -3.67. The molecule has 0 aromatic heterocycles. The summed E-state index contributed by atoms with van der Waals surface area (Å²) in [6.45, 7) is 5.23. The molecule has 2 rings (SSSR count). The van der Waals surface area contributed by atoms with Crippen LogP contribution in [-0.4, -0.2) is 47.4 Å². The van der Waals surface area contributed by atoms with Gasteiger partial charge in [-0.05, 0) is 61.7 Å². The van der Waals surface area contributed by atoms with E-state index in [0.29, 0.717) is 16.8 Å². The number of carbonyl (C=O) groups excluding carboxylic acids is 1. The monoisotopic (exact) mass is 424 g/mol. The third kappa shape index (κ3) is 4.43. The minimum Gasteiger partial charge on any atom is -0.322 e. The quantitative estimate of drug-likeness (QED) is 0.795. The lowest BCUT2D eigenvalue weighted by molar-refractivity contribution is 0.102. The highest BCUT2D eigenvalue weighted by Crippen LogP contribution is 2.26. The van der Waals surface area contributed by atoms with Crippen molar-refractivity contribution in [3.05, 3.63) is 52.6 Å². The molecule has 7 nitrogen and oxygen atoms in total. The van der Waals surface area contributed by atoms with Gasteiger partial charge in [0.15, 0.2) is 9.84 Å². The molecule has 0 spiro atoms. The van der Waals surface area contributed by atoms with Gasteiger partial charge in [0, 0.05) is 31.6 Å². The average molecular weight is 425 g/mol. The molecule has 2 aromatic rings. The smallest absolute Gasteiger partial charge is 0.255 e. The van der Waals surface area contributed by atoms with Crippen LogP contribution in [0.5, 0.6) is 0 Å².